The van der Waals surface area contributed by atoms with E-state index in [9.17, 15) is 26.7 Å². The number of hydrogen-bond donors (Lipinski definition) is 1. The number of alkyl halides is 5. The number of aromatic nitrogens is 1. The number of halogens is 5. The van der Waals surface area contributed by atoms with Crippen LogP contribution < -0.4 is 14.8 Å². The molecule has 1 aromatic heterocycles. The molecule has 1 amide bonds. The van der Waals surface area contributed by atoms with Crippen LogP contribution in [0.5, 0.6) is 11.5 Å². The van der Waals surface area contributed by atoms with Gasteiger partial charge in [-0.15, -0.1) is 11.3 Å². The Hall–Kier alpha value is -3.21. The molecular weight excluding hydrogens is 455 g/mol. The largest absolute Gasteiger partial charge is 0.493 e. The number of ether oxygens (including phenoxy) is 2. The van der Waals surface area contributed by atoms with Crippen molar-refractivity contribution < 1.29 is 36.2 Å². The lowest BCUT2D eigenvalue weighted by Crippen LogP contribution is -2.24. The van der Waals surface area contributed by atoms with Gasteiger partial charge in [-0.2, -0.15) is 22.0 Å². The van der Waals surface area contributed by atoms with Gasteiger partial charge in [-0.05, 0) is 29.8 Å². The van der Waals surface area contributed by atoms with Crippen molar-refractivity contribution in [3.63, 3.8) is 0 Å². The van der Waals surface area contributed by atoms with Gasteiger partial charge in [0.05, 0.1) is 24.8 Å². The Kier molecular flexibility index (Phi) is 7.29. The zero-order valence-electron chi connectivity index (χ0n) is 16.6. The Balaban J connectivity index is 1.59. The van der Waals surface area contributed by atoms with E-state index in [1.165, 1.54) is 42.7 Å². The smallest absolute Gasteiger partial charge is 0.416 e. The van der Waals surface area contributed by atoms with Crippen molar-refractivity contribution in [3.8, 4) is 22.1 Å². The van der Waals surface area contributed by atoms with Crippen LogP contribution in [0.2, 0.25) is 0 Å². The molecule has 0 aliphatic heterocycles. The average molecular weight is 472 g/mol. The average Bonchev–Trinajstić information content (AvgIpc) is 3.20. The lowest BCUT2D eigenvalue weighted by molar-refractivity contribution is -0.137. The summed E-state index contributed by atoms with van der Waals surface area (Å²) in [4.78, 5) is 16.5. The van der Waals surface area contributed by atoms with E-state index in [1.54, 1.807) is 11.4 Å². The first-order valence-corrected chi connectivity index (χ1v) is 10.0. The van der Waals surface area contributed by atoms with Crippen molar-refractivity contribution >= 4 is 17.2 Å². The predicted molar refractivity (Wildman–Crippen MR) is 108 cm³/mol. The number of thiazole rings is 1. The summed E-state index contributed by atoms with van der Waals surface area (Å²) in [6.45, 7) is -2.95. The molecule has 0 atom stereocenters. The summed E-state index contributed by atoms with van der Waals surface area (Å²) < 4.78 is 72.4. The van der Waals surface area contributed by atoms with Gasteiger partial charge in [-0.25, -0.2) is 4.98 Å². The maximum atomic E-state index is 12.7. The Morgan fingerprint density at radius 1 is 1.12 bits per heavy atom. The maximum absolute atomic E-state index is 12.7. The highest BCUT2D eigenvalue weighted by molar-refractivity contribution is 7.13. The molecule has 0 spiro atoms. The number of nitrogens with one attached hydrogen (secondary N) is 1. The third kappa shape index (κ3) is 6.16. The summed E-state index contributed by atoms with van der Waals surface area (Å²) in [5.41, 5.74) is 0.745. The number of nitrogens with zero attached hydrogens (tertiary/aromatic N) is 1. The van der Waals surface area contributed by atoms with Crippen LogP contribution in [0.15, 0.2) is 47.8 Å². The molecule has 3 aromatic rings. The predicted octanol–water partition coefficient (Wildman–Crippen LogP) is 5.30. The van der Waals surface area contributed by atoms with Crippen molar-refractivity contribution in [2.24, 2.45) is 0 Å². The molecule has 5 nitrogen and oxygen atoms in total. The summed E-state index contributed by atoms with van der Waals surface area (Å²) >= 11 is 1.21. The SMILES string of the molecule is COc1ccc(CNC(=O)Cc2csc(-c3ccc(C(F)(F)F)cc3)n2)cc1OC(F)F. The van der Waals surface area contributed by atoms with Gasteiger partial charge >= 0.3 is 12.8 Å². The molecule has 3 rings (SSSR count). The number of hydrogen-bond acceptors (Lipinski definition) is 5. The molecular formula is C21H17F5N2O3S. The fourth-order valence-electron chi connectivity index (χ4n) is 2.77. The second kappa shape index (κ2) is 9.94. The van der Waals surface area contributed by atoms with Crippen LogP contribution in [0.3, 0.4) is 0 Å². The summed E-state index contributed by atoms with van der Waals surface area (Å²) in [7, 11) is 1.32. The molecule has 0 radical (unpaired) electrons. The van der Waals surface area contributed by atoms with Crippen LogP contribution in [0, 0.1) is 0 Å². The standard InChI is InChI=1S/C21H17F5N2O3S/c1-30-16-7-2-12(8-17(16)31-20(22)23)10-27-18(29)9-15-11-32-19(28-15)13-3-5-14(6-4-13)21(24,25)26/h2-8,11,20H,9-10H2,1H3,(H,27,29). The molecule has 0 aliphatic carbocycles. The van der Waals surface area contributed by atoms with Gasteiger partial charge in [0.1, 0.15) is 5.01 Å². The van der Waals surface area contributed by atoms with Crippen LogP contribution in [0.1, 0.15) is 16.8 Å². The number of carbonyl (C=O) groups is 1. The zero-order chi connectivity index (χ0) is 23.3. The highest BCUT2D eigenvalue weighted by Crippen LogP contribution is 2.32. The second-order valence-corrected chi connectivity index (χ2v) is 7.39. The molecule has 1 N–H and O–H groups in total. The van der Waals surface area contributed by atoms with Gasteiger partial charge in [0, 0.05) is 17.5 Å². The van der Waals surface area contributed by atoms with E-state index in [1.807, 2.05) is 0 Å². The maximum Gasteiger partial charge on any atom is 0.416 e. The number of benzene rings is 2. The minimum absolute atomic E-state index is 0.0479. The molecule has 0 saturated carbocycles. The number of methoxy groups -OCH3 is 1. The lowest BCUT2D eigenvalue weighted by atomic mass is 10.1. The normalized spacial score (nSPS) is 11.5. The summed E-state index contributed by atoms with van der Waals surface area (Å²) in [5.74, 6) is -0.366. The molecule has 0 aliphatic rings. The molecule has 11 heteroatoms. The highest BCUT2D eigenvalue weighted by Gasteiger charge is 2.30. The van der Waals surface area contributed by atoms with E-state index in [0.29, 0.717) is 21.8 Å². The van der Waals surface area contributed by atoms with Gasteiger partial charge in [-0.1, -0.05) is 18.2 Å². The van der Waals surface area contributed by atoms with Crippen LogP contribution >= 0.6 is 11.3 Å². The molecule has 2 aromatic carbocycles. The fourth-order valence-corrected chi connectivity index (χ4v) is 3.60. The van der Waals surface area contributed by atoms with Crippen LogP contribution in [0.4, 0.5) is 22.0 Å². The van der Waals surface area contributed by atoms with Crippen molar-refractivity contribution in [1.82, 2.24) is 10.3 Å². The van der Waals surface area contributed by atoms with Crippen LogP contribution in [0.25, 0.3) is 10.6 Å². The molecule has 1 heterocycles. The quantitative estimate of drug-likeness (QED) is 0.452. The van der Waals surface area contributed by atoms with E-state index < -0.39 is 18.4 Å². The van der Waals surface area contributed by atoms with Gasteiger partial charge in [-0.3, -0.25) is 4.79 Å². The zero-order valence-corrected chi connectivity index (χ0v) is 17.4. The van der Waals surface area contributed by atoms with E-state index >= 15 is 0 Å². The van der Waals surface area contributed by atoms with Crippen molar-refractivity contribution in [2.45, 2.75) is 25.8 Å². The Morgan fingerprint density at radius 3 is 2.47 bits per heavy atom. The molecule has 170 valence electrons. The summed E-state index contributed by atoms with van der Waals surface area (Å²) in [6, 6.07) is 9.01. The summed E-state index contributed by atoms with van der Waals surface area (Å²) in [6.07, 6.45) is -4.46. The topological polar surface area (TPSA) is 60.5 Å². The number of amides is 1. The minimum atomic E-state index is -4.42. The molecule has 0 fully saturated rings. The highest BCUT2D eigenvalue weighted by atomic mass is 32.1. The second-order valence-electron chi connectivity index (χ2n) is 6.54. The van der Waals surface area contributed by atoms with Gasteiger partial charge in [0.25, 0.3) is 0 Å². The first kappa shape index (κ1) is 23.5. The molecule has 0 unspecified atom stereocenters. The Morgan fingerprint density at radius 2 is 1.84 bits per heavy atom. The lowest BCUT2D eigenvalue weighted by Gasteiger charge is -2.12. The molecule has 0 saturated heterocycles. The van der Waals surface area contributed by atoms with E-state index in [-0.39, 0.29) is 30.4 Å². The number of carbonyl (C=O) groups excluding carboxylic acids is 1. The third-order valence-corrected chi connectivity index (χ3v) is 5.23. The van der Waals surface area contributed by atoms with Crippen LogP contribution in [-0.2, 0) is 23.9 Å². The van der Waals surface area contributed by atoms with E-state index in [2.05, 4.69) is 15.0 Å². The number of rotatable bonds is 8. The van der Waals surface area contributed by atoms with Gasteiger partial charge in [0.15, 0.2) is 11.5 Å². The van der Waals surface area contributed by atoms with Gasteiger partial charge in [0.2, 0.25) is 5.91 Å². The fraction of sp³-hybridized carbons (Fsp3) is 0.238. The van der Waals surface area contributed by atoms with Crippen molar-refractivity contribution in [2.75, 3.05) is 7.11 Å². The monoisotopic (exact) mass is 472 g/mol. The first-order chi connectivity index (χ1) is 15.2. The van der Waals surface area contributed by atoms with Crippen molar-refractivity contribution in [3.05, 3.63) is 64.7 Å². The third-order valence-electron chi connectivity index (χ3n) is 4.29. The van der Waals surface area contributed by atoms with E-state index in [0.717, 1.165) is 12.1 Å². The molecule has 32 heavy (non-hydrogen) atoms. The van der Waals surface area contributed by atoms with E-state index in [4.69, 9.17) is 4.74 Å². The Bertz CT molecular complexity index is 1070. The minimum Gasteiger partial charge on any atom is -0.493 e. The van der Waals surface area contributed by atoms with Crippen LogP contribution in [-0.4, -0.2) is 24.6 Å². The molecule has 0 bridgehead atoms. The Labute approximate surface area is 183 Å². The van der Waals surface area contributed by atoms with Crippen molar-refractivity contribution in [1.29, 1.82) is 0 Å². The summed E-state index contributed by atoms with van der Waals surface area (Å²) in [5, 5.41) is 4.79. The van der Waals surface area contributed by atoms with Gasteiger partial charge < -0.3 is 14.8 Å². The first-order valence-electron chi connectivity index (χ1n) is 9.16.